The Hall–Kier alpha value is -0.800. The fourth-order valence-electron chi connectivity index (χ4n) is 0.0668. The fourth-order valence-corrected chi connectivity index (χ4v) is 0.0668. The van der Waals surface area contributed by atoms with Crippen LogP contribution in [-0.4, -0.2) is 12.5 Å². The summed E-state index contributed by atoms with van der Waals surface area (Å²) in [6.07, 6.45) is -4.87. The lowest BCUT2D eigenvalue weighted by Crippen LogP contribution is -2.10. The van der Waals surface area contributed by atoms with Gasteiger partial charge in [0.05, 0.1) is 5.57 Å². The highest BCUT2D eigenvalue weighted by molar-refractivity contribution is 5.73. The minimum atomic E-state index is -4.55. The molecule has 0 heterocycles. The van der Waals surface area contributed by atoms with Gasteiger partial charge in [0.1, 0.15) is 0 Å². The van der Waals surface area contributed by atoms with Gasteiger partial charge in [-0.05, 0) is 0 Å². The van der Waals surface area contributed by atoms with Gasteiger partial charge in [0, 0.05) is 0 Å². The molecule has 46 valence electrons. The lowest BCUT2D eigenvalue weighted by molar-refractivity contribution is -0.119. The van der Waals surface area contributed by atoms with E-state index in [1.54, 1.807) is 0 Å². The first-order valence-corrected chi connectivity index (χ1v) is 1.69. The molecule has 0 fully saturated rings. The second-order valence-electron chi connectivity index (χ2n) is 1.14. The SMILES string of the molecule is C=C(C=O)C(F)(F)F. The van der Waals surface area contributed by atoms with E-state index in [9.17, 15) is 18.0 Å². The Bertz CT molecular complexity index is 113. The average molecular weight is 124 g/mol. The molecule has 0 aromatic heterocycles. The molecule has 0 spiro atoms. The van der Waals surface area contributed by atoms with Gasteiger partial charge in [-0.15, -0.1) is 0 Å². The van der Waals surface area contributed by atoms with E-state index < -0.39 is 11.7 Å². The second kappa shape index (κ2) is 1.98. The van der Waals surface area contributed by atoms with Gasteiger partial charge >= 0.3 is 6.18 Å². The van der Waals surface area contributed by atoms with Crippen molar-refractivity contribution in [1.29, 1.82) is 0 Å². The zero-order valence-electron chi connectivity index (χ0n) is 3.83. The molecule has 0 aromatic rings. The third kappa shape index (κ3) is 1.77. The van der Waals surface area contributed by atoms with Crippen LogP contribution in [0.15, 0.2) is 12.2 Å². The Kier molecular flexibility index (Phi) is 1.78. The van der Waals surface area contributed by atoms with E-state index in [1.165, 1.54) is 0 Å². The van der Waals surface area contributed by atoms with Crippen molar-refractivity contribution in [2.24, 2.45) is 0 Å². The van der Waals surface area contributed by atoms with Crippen LogP contribution in [0.4, 0.5) is 13.2 Å². The number of aldehydes is 1. The predicted molar refractivity (Wildman–Crippen MR) is 21.3 cm³/mol. The van der Waals surface area contributed by atoms with Crippen molar-refractivity contribution in [1.82, 2.24) is 0 Å². The van der Waals surface area contributed by atoms with Crippen molar-refractivity contribution >= 4 is 6.29 Å². The molecule has 8 heavy (non-hydrogen) atoms. The van der Waals surface area contributed by atoms with E-state index >= 15 is 0 Å². The highest BCUT2D eigenvalue weighted by Gasteiger charge is 2.31. The fraction of sp³-hybridized carbons (Fsp3) is 0.250. The van der Waals surface area contributed by atoms with Crippen molar-refractivity contribution in [2.45, 2.75) is 6.18 Å². The highest BCUT2D eigenvalue weighted by Crippen LogP contribution is 2.21. The Labute approximate surface area is 43.8 Å². The third-order valence-corrected chi connectivity index (χ3v) is 0.506. The van der Waals surface area contributed by atoms with Gasteiger partial charge in [0.15, 0.2) is 6.29 Å². The van der Waals surface area contributed by atoms with Crippen molar-refractivity contribution in [2.75, 3.05) is 0 Å². The molecule has 0 rings (SSSR count). The Morgan fingerprint density at radius 3 is 1.88 bits per heavy atom. The number of allylic oxidation sites excluding steroid dienone is 1. The number of carbonyl (C=O) groups excluding carboxylic acids is 1. The van der Waals surface area contributed by atoms with Gasteiger partial charge in [0.25, 0.3) is 0 Å². The average Bonchev–Trinajstić information content (AvgIpc) is 1.62. The number of hydrogen-bond donors (Lipinski definition) is 0. The summed E-state index contributed by atoms with van der Waals surface area (Å²) >= 11 is 0. The summed E-state index contributed by atoms with van der Waals surface area (Å²) in [7, 11) is 0. The first kappa shape index (κ1) is 7.20. The molecule has 0 aromatic carbocycles. The minimum absolute atomic E-state index is 0.319. The number of halogens is 3. The molecule has 0 amide bonds. The van der Waals surface area contributed by atoms with Crippen LogP contribution in [0.2, 0.25) is 0 Å². The van der Waals surface area contributed by atoms with Crippen LogP contribution in [0, 0.1) is 0 Å². The van der Waals surface area contributed by atoms with Gasteiger partial charge < -0.3 is 0 Å². The van der Waals surface area contributed by atoms with Crippen molar-refractivity contribution in [3.8, 4) is 0 Å². The molecule has 0 aliphatic rings. The summed E-state index contributed by atoms with van der Waals surface area (Å²) in [6.45, 7) is 2.45. The van der Waals surface area contributed by atoms with Gasteiger partial charge in [-0.2, -0.15) is 13.2 Å². The zero-order chi connectivity index (χ0) is 6.78. The molecule has 0 N–H and O–H groups in total. The first-order chi connectivity index (χ1) is 3.48. The molecule has 1 nitrogen and oxygen atoms in total. The molecule has 0 aliphatic heterocycles. The van der Waals surface area contributed by atoms with Crippen molar-refractivity contribution < 1.29 is 18.0 Å². The first-order valence-electron chi connectivity index (χ1n) is 1.69. The Morgan fingerprint density at radius 2 is 1.88 bits per heavy atom. The lowest BCUT2D eigenvalue weighted by atomic mass is 10.3. The van der Waals surface area contributed by atoms with E-state index in [-0.39, 0.29) is 6.29 Å². The maximum atomic E-state index is 11.1. The van der Waals surface area contributed by atoms with Crippen LogP contribution in [0.1, 0.15) is 0 Å². The summed E-state index contributed by atoms with van der Waals surface area (Å²) in [5, 5.41) is 0. The monoisotopic (exact) mass is 124 g/mol. The molecule has 0 saturated heterocycles. The van der Waals surface area contributed by atoms with Crippen LogP contribution < -0.4 is 0 Å². The molecule has 0 radical (unpaired) electrons. The number of rotatable bonds is 1. The molecule has 0 aliphatic carbocycles. The van der Waals surface area contributed by atoms with E-state index in [2.05, 4.69) is 6.58 Å². The van der Waals surface area contributed by atoms with Gasteiger partial charge in [0.2, 0.25) is 0 Å². The molecule has 0 bridgehead atoms. The molecule has 4 heteroatoms. The van der Waals surface area contributed by atoms with Gasteiger partial charge in [-0.3, -0.25) is 4.79 Å². The lowest BCUT2D eigenvalue weighted by Gasteiger charge is -2.00. The van der Waals surface area contributed by atoms with Crippen LogP contribution in [0.5, 0.6) is 0 Å². The minimum Gasteiger partial charge on any atom is -0.298 e. The van der Waals surface area contributed by atoms with E-state index in [0.717, 1.165) is 0 Å². The summed E-state index contributed by atoms with van der Waals surface area (Å²) in [6, 6.07) is 0. The van der Waals surface area contributed by atoms with Crippen LogP contribution in [0.25, 0.3) is 0 Å². The highest BCUT2D eigenvalue weighted by atomic mass is 19.4. The smallest absolute Gasteiger partial charge is 0.298 e. The van der Waals surface area contributed by atoms with Crippen molar-refractivity contribution in [3.63, 3.8) is 0 Å². The summed E-state index contributed by atoms with van der Waals surface area (Å²) in [5.74, 6) is 0. The normalized spacial score (nSPS) is 10.9. The molecular formula is C4H3F3O. The molecular weight excluding hydrogens is 121 g/mol. The standard InChI is InChI=1S/C4H3F3O/c1-3(2-8)4(5,6)7/h2H,1H2. The maximum Gasteiger partial charge on any atom is 0.418 e. The molecule has 0 saturated carbocycles. The zero-order valence-corrected chi connectivity index (χ0v) is 3.83. The maximum absolute atomic E-state index is 11.1. The van der Waals surface area contributed by atoms with Gasteiger partial charge in [-0.25, -0.2) is 0 Å². The number of hydrogen-bond acceptors (Lipinski definition) is 1. The van der Waals surface area contributed by atoms with Crippen molar-refractivity contribution in [3.05, 3.63) is 12.2 Å². The Balaban J connectivity index is 4.02. The quantitative estimate of drug-likeness (QED) is 0.380. The number of carbonyl (C=O) groups is 1. The number of alkyl halides is 3. The predicted octanol–water partition coefficient (Wildman–Crippen LogP) is 1.30. The second-order valence-corrected chi connectivity index (χ2v) is 1.14. The largest absolute Gasteiger partial charge is 0.418 e. The summed E-state index contributed by atoms with van der Waals surface area (Å²) < 4.78 is 33.4. The van der Waals surface area contributed by atoms with E-state index in [0.29, 0.717) is 0 Å². The van der Waals surface area contributed by atoms with E-state index in [1.807, 2.05) is 0 Å². The van der Waals surface area contributed by atoms with E-state index in [4.69, 9.17) is 0 Å². The molecule has 0 unspecified atom stereocenters. The van der Waals surface area contributed by atoms with Crippen LogP contribution in [-0.2, 0) is 4.79 Å². The Morgan fingerprint density at radius 1 is 1.50 bits per heavy atom. The summed E-state index contributed by atoms with van der Waals surface area (Å²) in [4.78, 5) is 9.33. The van der Waals surface area contributed by atoms with Crippen LogP contribution in [0.3, 0.4) is 0 Å². The van der Waals surface area contributed by atoms with Crippen LogP contribution >= 0.6 is 0 Å². The molecule has 0 atom stereocenters. The topological polar surface area (TPSA) is 17.1 Å². The summed E-state index contributed by atoms with van der Waals surface area (Å²) in [5.41, 5.74) is -1.35. The third-order valence-electron chi connectivity index (χ3n) is 0.506. The van der Waals surface area contributed by atoms with Gasteiger partial charge in [-0.1, -0.05) is 6.58 Å².